The van der Waals surface area contributed by atoms with Crippen LogP contribution in [-0.4, -0.2) is 57.8 Å². The Kier molecular flexibility index (Phi) is 5.29. The summed E-state index contributed by atoms with van der Waals surface area (Å²) in [6, 6.07) is 0.0179. The minimum Gasteiger partial charge on any atom is -0.444 e. The fraction of sp³-hybridized carbons (Fsp3) is 0.789. The summed E-state index contributed by atoms with van der Waals surface area (Å²) < 4.78 is 33.5. The van der Waals surface area contributed by atoms with Gasteiger partial charge in [-0.3, -0.25) is 4.68 Å². The van der Waals surface area contributed by atoms with Crippen LogP contribution in [0.3, 0.4) is 0 Å². The number of carbonyl (C=O) groups is 1. The molecule has 0 spiro atoms. The Balaban J connectivity index is 1.64. The SMILES string of the molecule is CC(C)(C)OC(=O)N1CCC(n2cc(B3OC(C)(C)C(C)(C)O3)c(F)n2)CC1. The number of rotatable bonds is 2. The largest absolute Gasteiger partial charge is 0.501 e. The third kappa shape index (κ3) is 4.20. The zero-order valence-electron chi connectivity index (χ0n) is 17.9. The molecule has 9 heteroatoms. The topological polar surface area (TPSA) is 65.8 Å². The smallest absolute Gasteiger partial charge is 0.444 e. The third-order valence-electron chi connectivity index (χ3n) is 5.71. The van der Waals surface area contributed by atoms with Crippen LogP contribution >= 0.6 is 0 Å². The van der Waals surface area contributed by atoms with E-state index in [4.69, 9.17) is 14.0 Å². The van der Waals surface area contributed by atoms with Gasteiger partial charge in [-0.15, -0.1) is 5.10 Å². The van der Waals surface area contributed by atoms with E-state index in [2.05, 4.69) is 5.10 Å². The second-order valence-electron chi connectivity index (χ2n) is 9.64. The fourth-order valence-corrected chi connectivity index (χ4v) is 3.34. The number of aromatic nitrogens is 2. The van der Waals surface area contributed by atoms with Gasteiger partial charge in [-0.05, 0) is 61.3 Å². The summed E-state index contributed by atoms with van der Waals surface area (Å²) in [4.78, 5) is 13.9. The molecular formula is C19H31BFN3O4. The normalized spacial score (nSPS) is 22.6. The molecule has 2 saturated heterocycles. The quantitative estimate of drug-likeness (QED) is 0.721. The maximum Gasteiger partial charge on any atom is 0.501 e. The van der Waals surface area contributed by atoms with Crippen molar-refractivity contribution < 1.29 is 23.2 Å². The van der Waals surface area contributed by atoms with Crippen molar-refractivity contribution in [2.24, 2.45) is 0 Å². The van der Waals surface area contributed by atoms with Crippen molar-refractivity contribution in [3.8, 4) is 0 Å². The van der Waals surface area contributed by atoms with Gasteiger partial charge in [0.05, 0.1) is 22.7 Å². The molecule has 2 aliphatic rings. The molecule has 0 unspecified atom stereocenters. The summed E-state index contributed by atoms with van der Waals surface area (Å²) >= 11 is 0. The average Bonchev–Trinajstić information content (AvgIpc) is 3.03. The molecule has 28 heavy (non-hydrogen) atoms. The lowest BCUT2D eigenvalue weighted by molar-refractivity contribution is 0.00578. The Bertz CT molecular complexity index is 720. The molecule has 0 atom stereocenters. The lowest BCUT2D eigenvalue weighted by Gasteiger charge is -2.33. The molecule has 1 amide bonds. The van der Waals surface area contributed by atoms with Crippen molar-refractivity contribution in [1.29, 1.82) is 0 Å². The standard InChI is InChI=1S/C19H31BFN3O4/c1-17(2,3)26-16(25)23-10-8-13(9-11-23)24-12-14(15(21)22-24)20-27-18(4,5)19(6,7)28-20/h12-13H,8-11H2,1-7H3. The predicted molar refractivity (Wildman–Crippen MR) is 104 cm³/mol. The average molecular weight is 395 g/mol. The molecule has 2 fully saturated rings. The Morgan fingerprint density at radius 3 is 2.25 bits per heavy atom. The fourth-order valence-electron chi connectivity index (χ4n) is 3.34. The molecular weight excluding hydrogens is 364 g/mol. The van der Waals surface area contributed by atoms with E-state index in [1.165, 1.54) is 0 Å². The molecule has 7 nitrogen and oxygen atoms in total. The Morgan fingerprint density at radius 2 is 1.75 bits per heavy atom. The molecule has 156 valence electrons. The number of ether oxygens (including phenoxy) is 1. The number of hydrogen-bond acceptors (Lipinski definition) is 5. The summed E-state index contributed by atoms with van der Waals surface area (Å²) in [6.07, 6.45) is 2.73. The van der Waals surface area contributed by atoms with Crippen LogP contribution in [0.5, 0.6) is 0 Å². The zero-order chi connectivity index (χ0) is 20.9. The first-order valence-corrected chi connectivity index (χ1v) is 9.87. The second-order valence-corrected chi connectivity index (χ2v) is 9.64. The number of amides is 1. The van der Waals surface area contributed by atoms with Crippen LogP contribution in [0.1, 0.15) is 67.3 Å². The summed E-state index contributed by atoms with van der Waals surface area (Å²) in [7, 11) is -0.777. The maximum absolute atomic E-state index is 14.5. The van der Waals surface area contributed by atoms with Crippen LogP contribution in [-0.2, 0) is 14.0 Å². The van der Waals surface area contributed by atoms with E-state index in [0.29, 0.717) is 31.4 Å². The lowest BCUT2D eigenvalue weighted by atomic mass is 9.81. The lowest BCUT2D eigenvalue weighted by Crippen LogP contribution is -2.42. The van der Waals surface area contributed by atoms with Crippen molar-refractivity contribution in [2.45, 2.75) is 84.2 Å². The van der Waals surface area contributed by atoms with Crippen LogP contribution in [0.15, 0.2) is 6.20 Å². The van der Waals surface area contributed by atoms with E-state index in [1.807, 2.05) is 48.5 Å². The molecule has 2 aliphatic heterocycles. The van der Waals surface area contributed by atoms with Crippen LogP contribution < -0.4 is 5.46 Å². The highest BCUT2D eigenvalue weighted by Gasteiger charge is 2.53. The van der Waals surface area contributed by atoms with Gasteiger partial charge in [0.25, 0.3) is 0 Å². The first-order chi connectivity index (χ1) is 12.8. The van der Waals surface area contributed by atoms with Crippen molar-refractivity contribution >= 4 is 18.7 Å². The highest BCUT2D eigenvalue weighted by Crippen LogP contribution is 2.36. The van der Waals surface area contributed by atoms with Gasteiger partial charge in [-0.1, -0.05) is 0 Å². The van der Waals surface area contributed by atoms with Crippen LogP contribution in [0.25, 0.3) is 0 Å². The van der Waals surface area contributed by atoms with Gasteiger partial charge in [0.15, 0.2) is 0 Å². The minimum atomic E-state index is -0.777. The zero-order valence-corrected chi connectivity index (χ0v) is 17.9. The van der Waals surface area contributed by atoms with Gasteiger partial charge < -0.3 is 18.9 Å². The summed E-state index contributed by atoms with van der Waals surface area (Å²) in [5, 5.41) is 4.06. The first-order valence-electron chi connectivity index (χ1n) is 9.87. The highest BCUT2D eigenvalue weighted by molar-refractivity contribution is 6.62. The van der Waals surface area contributed by atoms with E-state index in [1.54, 1.807) is 15.8 Å². The number of halogens is 1. The molecule has 3 rings (SSSR count). The van der Waals surface area contributed by atoms with Gasteiger partial charge in [-0.2, -0.15) is 4.39 Å². The van der Waals surface area contributed by atoms with E-state index in [0.717, 1.165) is 0 Å². The first kappa shape index (κ1) is 21.1. The molecule has 0 aromatic carbocycles. The van der Waals surface area contributed by atoms with Gasteiger partial charge in [0, 0.05) is 19.3 Å². The molecule has 1 aromatic rings. The molecule has 1 aromatic heterocycles. The van der Waals surface area contributed by atoms with Gasteiger partial charge in [0.1, 0.15) is 5.60 Å². The number of nitrogens with zero attached hydrogens (tertiary/aromatic N) is 3. The molecule has 0 radical (unpaired) electrons. The van der Waals surface area contributed by atoms with Crippen LogP contribution in [0, 0.1) is 5.95 Å². The van der Waals surface area contributed by atoms with Crippen LogP contribution in [0.4, 0.5) is 9.18 Å². The number of carbonyl (C=O) groups excluding carboxylic acids is 1. The summed E-state index contributed by atoms with van der Waals surface area (Å²) in [5.41, 5.74) is -1.28. The molecule has 0 saturated carbocycles. The minimum absolute atomic E-state index is 0.0179. The number of piperidine rings is 1. The third-order valence-corrected chi connectivity index (χ3v) is 5.71. The van der Waals surface area contributed by atoms with E-state index in [-0.39, 0.29) is 12.1 Å². The van der Waals surface area contributed by atoms with E-state index < -0.39 is 29.9 Å². The maximum atomic E-state index is 14.5. The van der Waals surface area contributed by atoms with Crippen LogP contribution in [0.2, 0.25) is 0 Å². The predicted octanol–water partition coefficient (Wildman–Crippen LogP) is 2.89. The van der Waals surface area contributed by atoms with Crippen molar-refractivity contribution in [3.63, 3.8) is 0 Å². The Hall–Kier alpha value is -1.61. The Labute approximate surface area is 166 Å². The summed E-state index contributed by atoms with van der Waals surface area (Å²) in [6.45, 7) is 14.4. The van der Waals surface area contributed by atoms with E-state index in [9.17, 15) is 9.18 Å². The molecule has 0 aliphatic carbocycles. The van der Waals surface area contributed by atoms with Crippen molar-refractivity contribution in [2.75, 3.05) is 13.1 Å². The Morgan fingerprint density at radius 1 is 1.21 bits per heavy atom. The van der Waals surface area contributed by atoms with Gasteiger partial charge in [0.2, 0.25) is 5.95 Å². The molecule has 0 N–H and O–H groups in total. The highest BCUT2D eigenvalue weighted by atomic mass is 19.1. The number of likely N-dealkylation sites (tertiary alicyclic amines) is 1. The van der Waals surface area contributed by atoms with E-state index >= 15 is 0 Å². The number of hydrogen-bond donors (Lipinski definition) is 0. The second kappa shape index (κ2) is 7.02. The van der Waals surface area contributed by atoms with Crippen molar-refractivity contribution in [3.05, 3.63) is 12.1 Å². The van der Waals surface area contributed by atoms with Gasteiger partial charge in [-0.25, -0.2) is 4.79 Å². The molecule has 0 bridgehead atoms. The monoisotopic (exact) mass is 395 g/mol. The summed E-state index contributed by atoms with van der Waals surface area (Å²) in [5.74, 6) is -0.576. The molecule has 3 heterocycles. The van der Waals surface area contributed by atoms with Gasteiger partial charge >= 0.3 is 13.2 Å². The van der Waals surface area contributed by atoms with Crippen molar-refractivity contribution in [1.82, 2.24) is 14.7 Å².